The molecule has 6 nitrogen and oxygen atoms in total. The van der Waals surface area contributed by atoms with E-state index in [9.17, 15) is 23.2 Å². The van der Waals surface area contributed by atoms with Crippen molar-refractivity contribution in [3.05, 3.63) is 51.4 Å². The Labute approximate surface area is 157 Å². The largest absolute Gasteiger partial charge is 0.444 e. The molecule has 0 bridgehead atoms. The van der Waals surface area contributed by atoms with Crippen LogP contribution < -0.4 is 10.6 Å². The third kappa shape index (κ3) is 4.13. The van der Waals surface area contributed by atoms with Crippen molar-refractivity contribution in [1.82, 2.24) is 5.32 Å². The molecule has 1 aromatic carbocycles. The van der Waals surface area contributed by atoms with Crippen LogP contribution >= 0.6 is 11.3 Å². The Morgan fingerprint density at radius 2 is 2.04 bits per heavy atom. The average Bonchev–Trinajstić information content (AvgIpc) is 2.97. The van der Waals surface area contributed by atoms with Gasteiger partial charge in [-0.25, -0.2) is 13.6 Å². The minimum absolute atomic E-state index is 0.0224. The zero-order chi connectivity index (χ0) is 19.6. The smallest absolute Gasteiger partial charge is 0.412 e. The molecule has 0 aliphatic heterocycles. The molecule has 1 aliphatic rings. The van der Waals surface area contributed by atoms with E-state index in [1.54, 1.807) is 0 Å². The fraction of sp³-hybridized carbons (Fsp3) is 0.278. The van der Waals surface area contributed by atoms with Crippen LogP contribution in [-0.2, 0) is 29.0 Å². The number of halogens is 2. The lowest BCUT2D eigenvalue weighted by Crippen LogP contribution is -2.23. The van der Waals surface area contributed by atoms with Crippen LogP contribution in [0.1, 0.15) is 32.8 Å². The first-order valence-electron chi connectivity index (χ1n) is 8.15. The van der Waals surface area contributed by atoms with E-state index in [2.05, 4.69) is 10.6 Å². The Kier molecular flexibility index (Phi) is 5.50. The van der Waals surface area contributed by atoms with E-state index >= 15 is 0 Å². The summed E-state index contributed by atoms with van der Waals surface area (Å²) in [5, 5.41) is 5.28. The first-order valence-corrected chi connectivity index (χ1v) is 8.96. The molecule has 0 saturated heterocycles. The van der Waals surface area contributed by atoms with E-state index in [4.69, 9.17) is 4.74 Å². The van der Waals surface area contributed by atoms with E-state index in [0.29, 0.717) is 24.5 Å². The number of anilines is 1. The minimum atomic E-state index is -0.881. The topological polar surface area (TPSA) is 84.5 Å². The van der Waals surface area contributed by atoms with Gasteiger partial charge in [0.1, 0.15) is 29.0 Å². The molecular weight excluding hydrogens is 378 g/mol. The number of fused-ring (bicyclic) bond motifs is 1. The highest BCUT2D eigenvalue weighted by Gasteiger charge is 2.28. The maximum Gasteiger partial charge on any atom is 0.412 e. The number of carbonyl (C=O) groups excluding carboxylic acids is 3. The molecule has 1 heterocycles. The summed E-state index contributed by atoms with van der Waals surface area (Å²) in [5.41, 5.74) is 1.09. The number of benzene rings is 1. The average molecular weight is 394 g/mol. The zero-order valence-electron chi connectivity index (χ0n) is 14.4. The van der Waals surface area contributed by atoms with Gasteiger partial charge in [-0.2, -0.15) is 0 Å². The number of nitrogens with one attached hydrogen (secondary N) is 2. The first-order chi connectivity index (χ1) is 12.9. The van der Waals surface area contributed by atoms with Crippen molar-refractivity contribution in [3.8, 4) is 0 Å². The highest BCUT2D eigenvalue weighted by atomic mass is 32.1. The molecule has 2 N–H and O–H groups in total. The Hall–Kier alpha value is -2.81. The van der Waals surface area contributed by atoms with Gasteiger partial charge in [-0.05, 0) is 24.1 Å². The third-order valence-electron chi connectivity index (χ3n) is 4.15. The number of carbonyl (C=O) groups is 3. The number of hydrogen-bond acceptors (Lipinski definition) is 5. The van der Waals surface area contributed by atoms with Crippen molar-refractivity contribution in [2.75, 3.05) is 12.4 Å². The van der Waals surface area contributed by atoms with Crippen LogP contribution in [0.4, 0.5) is 18.6 Å². The van der Waals surface area contributed by atoms with Crippen molar-refractivity contribution in [2.24, 2.45) is 0 Å². The molecule has 2 aromatic rings. The molecule has 0 unspecified atom stereocenters. The number of Topliss-reactive ketones (excluding diaryl/α,β-unsaturated/α-hetero) is 1. The highest BCUT2D eigenvalue weighted by Crippen LogP contribution is 2.37. The standard InChI is InChI=1S/C18H16F2N2O4S/c1-21-16(24)15-12-5-4-11(23)7-14(12)27-17(15)22-18(25)26-8-9-2-3-10(19)6-13(9)20/h2-3,6H,4-5,7-8H2,1H3,(H,21,24)(H,22,25). The predicted molar refractivity (Wildman–Crippen MR) is 94.9 cm³/mol. The van der Waals surface area contributed by atoms with E-state index in [-0.39, 0.29) is 28.7 Å². The number of thiophene rings is 1. The van der Waals surface area contributed by atoms with Crippen LogP contribution in [0.3, 0.4) is 0 Å². The summed E-state index contributed by atoms with van der Waals surface area (Å²) >= 11 is 1.15. The molecule has 0 fully saturated rings. The molecule has 0 radical (unpaired) electrons. The summed E-state index contributed by atoms with van der Waals surface area (Å²) in [7, 11) is 1.47. The molecule has 0 spiro atoms. The Balaban J connectivity index is 1.75. The SMILES string of the molecule is CNC(=O)c1c(NC(=O)OCc2ccc(F)cc2F)sc2c1CCC(=O)C2. The number of amides is 2. The van der Waals surface area contributed by atoms with Crippen LogP contribution in [0, 0.1) is 11.6 Å². The van der Waals surface area contributed by atoms with Gasteiger partial charge in [-0.3, -0.25) is 14.9 Å². The number of ketones is 1. The molecule has 0 saturated carbocycles. The fourth-order valence-electron chi connectivity index (χ4n) is 2.82. The van der Waals surface area contributed by atoms with Gasteiger partial charge in [0.25, 0.3) is 5.91 Å². The van der Waals surface area contributed by atoms with E-state index in [1.165, 1.54) is 13.1 Å². The number of rotatable bonds is 4. The van der Waals surface area contributed by atoms with Crippen LogP contribution in [0.2, 0.25) is 0 Å². The zero-order valence-corrected chi connectivity index (χ0v) is 15.2. The summed E-state index contributed by atoms with van der Waals surface area (Å²) in [4.78, 5) is 36.7. The first kappa shape index (κ1) is 19.0. The summed E-state index contributed by atoms with van der Waals surface area (Å²) in [6.45, 7) is -0.392. The van der Waals surface area contributed by atoms with Crippen molar-refractivity contribution in [3.63, 3.8) is 0 Å². The second-order valence-electron chi connectivity index (χ2n) is 5.94. The molecule has 1 aromatic heterocycles. The second-order valence-corrected chi connectivity index (χ2v) is 7.04. The lowest BCUT2D eigenvalue weighted by Gasteiger charge is -2.12. The van der Waals surface area contributed by atoms with Gasteiger partial charge in [0, 0.05) is 36.4 Å². The Morgan fingerprint density at radius 3 is 2.74 bits per heavy atom. The number of hydrogen-bond donors (Lipinski definition) is 2. The Bertz CT molecular complexity index is 926. The third-order valence-corrected chi connectivity index (χ3v) is 5.29. The van der Waals surface area contributed by atoms with Gasteiger partial charge in [-0.1, -0.05) is 0 Å². The maximum atomic E-state index is 13.6. The molecule has 3 rings (SSSR count). The lowest BCUT2D eigenvalue weighted by molar-refractivity contribution is -0.118. The van der Waals surface area contributed by atoms with Gasteiger partial charge in [-0.15, -0.1) is 11.3 Å². The van der Waals surface area contributed by atoms with Crippen molar-refractivity contribution >= 4 is 34.1 Å². The van der Waals surface area contributed by atoms with Gasteiger partial charge in [0.2, 0.25) is 0 Å². The van der Waals surface area contributed by atoms with Crippen LogP contribution in [-0.4, -0.2) is 24.8 Å². The maximum absolute atomic E-state index is 13.6. The van der Waals surface area contributed by atoms with Gasteiger partial charge < -0.3 is 10.1 Å². The summed E-state index contributed by atoms with van der Waals surface area (Å²) in [5.74, 6) is -1.84. The van der Waals surface area contributed by atoms with E-state index in [0.717, 1.165) is 27.8 Å². The normalized spacial score (nSPS) is 13.1. The molecule has 0 atom stereocenters. The fourth-order valence-corrected chi connectivity index (χ4v) is 4.07. The molecule has 2 amide bonds. The van der Waals surface area contributed by atoms with E-state index < -0.39 is 24.3 Å². The van der Waals surface area contributed by atoms with Gasteiger partial charge in [0.05, 0.1) is 5.56 Å². The quantitative estimate of drug-likeness (QED) is 0.834. The van der Waals surface area contributed by atoms with Gasteiger partial charge >= 0.3 is 6.09 Å². The minimum Gasteiger partial charge on any atom is -0.444 e. The van der Waals surface area contributed by atoms with E-state index in [1.807, 2.05) is 0 Å². The van der Waals surface area contributed by atoms with Crippen LogP contribution in [0.15, 0.2) is 18.2 Å². The number of ether oxygens (including phenoxy) is 1. The Morgan fingerprint density at radius 1 is 1.26 bits per heavy atom. The van der Waals surface area contributed by atoms with Crippen molar-refractivity contribution in [2.45, 2.75) is 25.9 Å². The molecule has 1 aliphatic carbocycles. The molecular formula is C18H16F2N2O4S. The molecule has 9 heteroatoms. The molecule has 142 valence electrons. The monoisotopic (exact) mass is 394 g/mol. The van der Waals surface area contributed by atoms with Crippen molar-refractivity contribution < 1.29 is 27.9 Å². The highest BCUT2D eigenvalue weighted by molar-refractivity contribution is 7.17. The van der Waals surface area contributed by atoms with Crippen LogP contribution in [0.5, 0.6) is 0 Å². The second kappa shape index (κ2) is 7.83. The van der Waals surface area contributed by atoms with Crippen molar-refractivity contribution in [1.29, 1.82) is 0 Å². The van der Waals surface area contributed by atoms with Crippen LogP contribution in [0.25, 0.3) is 0 Å². The summed E-state index contributed by atoms with van der Waals surface area (Å²) in [6.07, 6.45) is 0.127. The lowest BCUT2D eigenvalue weighted by atomic mass is 9.94. The van der Waals surface area contributed by atoms with Gasteiger partial charge in [0.15, 0.2) is 0 Å². The summed E-state index contributed by atoms with van der Waals surface area (Å²) < 4.78 is 31.5. The molecule has 27 heavy (non-hydrogen) atoms. The predicted octanol–water partition coefficient (Wildman–Crippen LogP) is 3.19. The summed E-state index contributed by atoms with van der Waals surface area (Å²) in [6, 6.07) is 2.95.